The maximum absolute atomic E-state index is 12.6. The number of sulfone groups is 1. The number of rotatable bonds is 10. The van der Waals surface area contributed by atoms with Crippen molar-refractivity contribution in [3.63, 3.8) is 0 Å². The Morgan fingerprint density at radius 1 is 1.18 bits per heavy atom. The van der Waals surface area contributed by atoms with E-state index in [1.54, 1.807) is 18.2 Å². The van der Waals surface area contributed by atoms with Gasteiger partial charge in [0.05, 0.1) is 10.6 Å². The molecule has 0 aliphatic carbocycles. The molecule has 1 aromatic carbocycles. The molecule has 0 saturated carbocycles. The van der Waals surface area contributed by atoms with Gasteiger partial charge >= 0.3 is 0 Å². The maximum atomic E-state index is 12.6. The largest absolute Gasteiger partial charge is 0.330 e. The van der Waals surface area contributed by atoms with Crippen LogP contribution in [0.4, 0.5) is 0 Å². The van der Waals surface area contributed by atoms with E-state index in [1.807, 2.05) is 0 Å². The third-order valence-corrected chi connectivity index (χ3v) is 5.62. The van der Waals surface area contributed by atoms with Gasteiger partial charge < -0.3 is 5.73 Å². The second-order valence-corrected chi connectivity index (χ2v) is 7.75. The summed E-state index contributed by atoms with van der Waals surface area (Å²) in [6.07, 6.45) is 4.03. The maximum Gasteiger partial charge on any atom is 0.178 e. The number of carbonyl (C=O) groups excluding carboxylic acids is 1. The van der Waals surface area contributed by atoms with Crippen LogP contribution < -0.4 is 5.73 Å². The van der Waals surface area contributed by atoms with Crippen molar-refractivity contribution in [2.75, 3.05) is 12.3 Å². The number of hydrogen-bond donors (Lipinski definition) is 1. The zero-order chi connectivity index (χ0) is 16.6. The van der Waals surface area contributed by atoms with E-state index < -0.39 is 9.84 Å². The highest BCUT2D eigenvalue weighted by Gasteiger charge is 2.21. The summed E-state index contributed by atoms with van der Waals surface area (Å²) >= 11 is 0. The van der Waals surface area contributed by atoms with Crippen molar-refractivity contribution in [1.29, 1.82) is 0 Å². The molecule has 5 heteroatoms. The number of hydrogen-bond acceptors (Lipinski definition) is 4. The van der Waals surface area contributed by atoms with Crippen molar-refractivity contribution in [3.8, 4) is 0 Å². The molecular weight excluding hydrogens is 298 g/mol. The van der Waals surface area contributed by atoms with Gasteiger partial charge in [0, 0.05) is 12.0 Å². The van der Waals surface area contributed by atoms with Crippen LogP contribution in [0.2, 0.25) is 0 Å². The van der Waals surface area contributed by atoms with E-state index in [2.05, 4.69) is 13.8 Å². The average molecular weight is 325 g/mol. The number of Topliss-reactive ketones (excluding diaryl/α,β-unsaturated/α-hetero) is 1. The first-order valence-electron chi connectivity index (χ1n) is 8.00. The minimum atomic E-state index is -3.36. The van der Waals surface area contributed by atoms with Crippen molar-refractivity contribution >= 4 is 15.6 Å². The molecule has 0 spiro atoms. The van der Waals surface area contributed by atoms with Gasteiger partial charge in [0.25, 0.3) is 0 Å². The van der Waals surface area contributed by atoms with E-state index in [1.165, 1.54) is 6.07 Å². The summed E-state index contributed by atoms with van der Waals surface area (Å²) < 4.78 is 25.2. The number of nitrogens with two attached hydrogens (primary N) is 1. The van der Waals surface area contributed by atoms with Crippen LogP contribution in [0.1, 0.15) is 56.3 Å². The lowest BCUT2D eigenvalue weighted by molar-refractivity contribution is 0.0985. The Balaban J connectivity index is 2.97. The van der Waals surface area contributed by atoms with Crippen LogP contribution in [0.25, 0.3) is 0 Å². The standard InChI is InChI=1S/C17H27NO3S/c1-3-6-14(7-4-2)13-22(20,21)16-9-5-8-15(12-16)17(19)10-11-18/h5,8-9,12,14H,3-4,6-7,10-11,13,18H2,1-2H3. The van der Waals surface area contributed by atoms with Crippen LogP contribution in [0, 0.1) is 5.92 Å². The Kier molecular flexibility index (Phi) is 7.76. The summed E-state index contributed by atoms with van der Waals surface area (Å²) in [6, 6.07) is 6.34. The predicted octanol–water partition coefficient (Wildman–Crippen LogP) is 3.21. The summed E-state index contributed by atoms with van der Waals surface area (Å²) in [6.45, 7) is 4.41. The zero-order valence-electron chi connectivity index (χ0n) is 13.5. The highest BCUT2D eigenvalue weighted by Crippen LogP contribution is 2.22. The second kappa shape index (κ2) is 9.06. The van der Waals surface area contributed by atoms with Crippen LogP contribution in [-0.4, -0.2) is 26.5 Å². The van der Waals surface area contributed by atoms with Crippen molar-refractivity contribution in [1.82, 2.24) is 0 Å². The smallest absolute Gasteiger partial charge is 0.178 e. The first-order chi connectivity index (χ1) is 10.4. The minimum absolute atomic E-state index is 0.113. The fraction of sp³-hybridized carbons (Fsp3) is 0.588. The third-order valence-electron chi connectivity index (χ3n) is 3.74. The third kappa shape index (κ3) is 5.54. The lowest BCUT2D eigenvalue weighted by Gasteiger charge is -2.15. The molecule has 1 rings (SSSR count). The van der Waals surface area contributed by atoms with Crippen molar-refractivity contribution in [2.24, 2.45) is 11.7 Å². The fourth-order valence-electron chi connectivity index (χ4n) is 2.67. The van der Waals surface area contributed by atoms with Gasteiger partial charge in [-0.25, -0.2) is 8.42 Å². The quantitative estimate of drug-likeness (QED) is 0.670. The van der Waals surface area contributed by atoms with Gasteiger partial charge in [0.1, 0.15) is 0 Å². The molecule has 22 heavy (non-hydrogen) atoms. The van der Waals surface area contributed by atoms with E-state index in [-0.39, 0.29) is 35.3 Å². The highest BCUT2D eigenvalue weighted by atomic mass is 32.2. The Morgan fingerprint density at radius 2 is 1.82 bits per heavy atom. The Morgan fingerprint density at radius 3 is 2.36 bits per heavy atom. The molecule has 1 aromatic rings. The van der Waals surface area contributed by atoms with Gasteiger partial charge in [-0.1, -0.05) is 38.8 Å². The van der Waals surface area contributed by atoms with Crippen LogP contribution in [0.3, 0.4) is 0 Å². The number of ketones is 1. The van der Waals surface area contributed by atoms with Gasteiger partial charge in [-0.15, -0.1) is 0 Å². The van der Waals surface area contributed by atoms with Crippen LogP contribution in [-0.2, 0) is 9.84 Å². The highest BCUT2D eigenvalue weighted by molar-refractivity contribution is 7.91. The first kappa shape index (κ1) is 18.8. The van der Waals surface area contributed by atoms with Crippen LogP contribution >= 0.6 is 0 Å². The normalized spacial score (nSPS) is 11.8. The molecule has 124 valence electrons. The molecule has 0 aliphatic heterocycles. The molecule has 0 amide bonds. The second-order valence-electron chi connectivity index (χ2n) is 5.71. The van der Waals surface area contributed by atoms with E-state index in [4.69, 9.17) is 5.73 Å². The summed E-state index contributed by atoms with van der Waals surface area (Å²) in [5.41, 5.74) is 5.81. The molecule has 0 saturated heterocycles. The monoisotopic (exact) mass is 325 g/mol. The fourth-order valence-corrected chi connectivity index (χ4v) is 4.41. The van der Waals surface area contributed by atoms with Crippen molar-refractivity contribution in [2.45, 2.75) is 50.8 Å². The lowest BCUT2D eigenvalue weighted by Crippen LogP contribution is -2.17. The molecule has 0 unspecified atom stereocenters. The van der Waals surface area contributed by atoms with Crippen molar-refractivity contribution < 1.29 is 13.2 Å². The molecule has 0 fully saturated rings. The molecule has 0 aliphatic rings. The lowest BCUT2D eigenvalue weighted by atomic mass is 10.0. The molecular formula is C17H27NO3S. The van der Waals surface area contributed by atoms with Crippen molar-refractivity contribution in [3.05, 3.63) is 29.8 Å². The molecule has 0 aromatic heterocycles. The van der Waals surface area contributed by atoms with Crippen LogP contribution in [0.15, 0.2) is 29.2 Å². The first-order valence-corrected chi connectivity index (χ1v) is 9.65. The van der Waals surface area contributed by atoms with E-state index in [9.17, 15) is 13.2 Å². The molecule has 0 bridgehead atoms. The summed E-state index contributed by atoms with van der Waals surface area (Å²) in [4.78, 5) is 12.1. The molecule has 2 N–H and O–H groups in total. The minimum Gasteiger partial charge on any atom is -0.330 e. The van der Waals surface area contributed by atoms with Gasteiger partial charge in [-0.05, 0) is 37.4 Å². The Bertz CT molecular complexity index is 575. The van der Waals surface area contributed by atoms with E-state index >= 15 is 0 Å². The average Bonchev–Trinajstić information content (AvgIpc) is 2.48. The summed E-state index contributed by atoms with van der Waals surface area (Å²) in [5.74, 6) is 0.227. The van der Waals surface area contributed by atoms with E-state index in [0.717, 1.165) is 25.7 Å². The van der Waals surface area contributed by atoms with Crippen LogP contribution in [0.5, 0.6) is 0 Å². The molecule has 4 nitrogen and oxygen atoms in total. The van der Waals surface area contributed by atoms with Gasteiger partial charge in [0.2, 0.25) is 0 Å². The van der Waals surface area contributed by atoms with Gasteiger partial charge in [-0.3, -0.25) is 4.79 Å². The Hall–Kier alpha value is -1.20. The molecule has 0 atom stereocenters. The van der Waals surface area contributed by atoms with E-state index in [0.29, 0.717) is 5.56 Å². The summed E-state index contributed by atoms with van der Waals surface area (Å²) in [7, 11) is -3.36. The van der Waals surface area contributed by atoms with Gasteiger partial charge in [-0.2, -0.15) is 0 Å². The molecule has 0 radical (unpaired) electrons. The summed E-state index contributed by atoms with van der Waals surface area (Å²) in [5, 5.41) is 0. The SMILES string of the molecule is CCCC(CCC)CS(=O)(=O)c1cccc(C(=O)CCN)c1. The molecule has 0 heterocycles. The predicted molar refractivity (Wildman–Crippen MR) is 89.8 cm³/mol. The van der Waals surface area contributed by atoms with Gasteiger partial charge in [0.15, 0.2) is 15.6 Å². The number of carbonyl (C=O) groups is 1. The Labute approximate surface area is 134 Å². The topological polar surface area (TPSA) is 77.2 Å². The zero-order valence-corrected chi connectivity index (χ0v) is 14.4. The number of benzene rings is 1.